The molecule has 5 N–H and O–H groups in total. The summed E-state index contributed by atoms with van der Waals surface area (Å²) >= 11 is 7.81. The number of fused-ring (bicyclic) bond motifs is 2. The summed E-state index contributed by atoms with van der Waals surface area (Å²) in [6, 6.07) is 2.04. The first-order chi connectivity index (χ1) is 11.0. The lowest BCUT2D eigenvalue weighted by molar-refractivity contribution is -0.123. The zero-order valence-corrected chi connectivity index (χ0v) is 15.1. The van der Waals surface area contributed by atoms with Gasteiger partial charge in [0.1, 0.15) is 11.7 Å². The van der Waals surface area contributed by atoms with Crippen LogP contribution in [0.4, 0.5) is 0 Å². The Kier molecular flexibility index (Phi) is 6.70. The van der Waals surface area contributed by atoms with Gasteiger partial charge in [-0.3, -0.25) is 0 Å². The Balaban J connectivity index is 0.000000277. The second-order valence-corrected chi connectivity index (χ2v) is 7.31. The fourth-order valence-electron chi connectivity index (χ4n) is 2.89. The second-order valence-electron chi connectivity index (χ2n) is 5.62. The summed E-state index contributed by atoms with van der Waals surface area (Å²) in [6.45, 7) is 2.65. The first-order valence-corrected chi connectivity index (χ1v) is 8.75. The number of nitrogens with zero attached hydrogens (tertiary/aromatic N) is 1. The minimum absolute atomic E-state index is 0.0364. The largest absolute Gasteiger partial charge is 0.403 e. The molecule has 0 aromatic carbocycles. The van der Waals surface area contributed by atoms with Crippen LogP contribution >= 0.6 is 22.9 Å². The molecule has 3 rings (SSSR count). The van der Waals surface area contributed by atoms with Crippen LogP contribution in [0.3, 0.4) is 0 Å². The minimum Gasteiger partial charge on any atom is -0.403 e. The summed E-state index contributed by atoms with van der Waals surface area (Å²) in [6.07, 6.45) is 5.01. The summed E-state index contributed by atoms with van der Waals surface area (Å²) < 4.78 is 12.4. The summed E-state index contributed by atoms with van der Waals surface area (Å²) in [5.74, 6) is 5.07. The molecular formula is C15H25ClN4O2S. The van der Waals surface area contributed by atoms with Crippen LogP contribution in [0.5, 0.6) is 0 Å². The van der Waals surface area contributed by atoms with Crippen LogP contribution in [0.1, 0.15) is 29.4 Å². The third-order valence-electron chi connectivity index (χ3n) is 4.02. The first kappa shape index (κ1) is 18.5. The molecule has 1 aromatic rings. The number of hydrogen-bond donors (Lipinski definition) is 3. The van der Waals surface area contributed by atoms with E-state index in [1.807, 2.05) is 6.07 Å². The monoisotopic (exact) mass is 360 g/mol. The Hall–Kier alpha value is -0.830. The van der Waals surface area contributed by atoms with Crippen molar-refractivity contribution in [1.29, 1.82) is 0 Å². The number of hydrogen-bond acceptors (Lipinski definition) is 7. The summed E-state index contributed by atoms with van der Waals surface area (Å²) in [5, 5.41) is 4.75. The quantitative estimate of drug-likeness (QED) is 0.552. The number of halogens is 1. The van der Waals surface area contributed by atoms with Gasteiger partial charge in [0, 0.05) is 37.0 Å². The molecule has 23 heavy (non-hydrogen) atoms. The van der Waals surface area contributed by atoms with Crippen LogP contribution in [-0.2, 0) is 15.1 Å². The van der Waals surface area contributed by atoms with Crippen LogP contribution in [0.2, 0.25) is 4.34 Å². The van der Waals surface area contributed by atoms with Gasteiger partial charge in [-0.25, -0.2) is 5.84 Å². The highest BCUT2D eigenvalue weighted by atomic mass is 35.5. The fraction of sp³-hybridized carbons (Fsp3) is 0.600. The third kappa shape index (κ3) is 4.37. The number of methoxy groups -OCH3 is 1. The van der Waals surface area contributed by atoms with Crippen molar-refractivity contribution in [2.24, 2.45) is 11.6 Å². The Morgan fingerprint density at radius 1 is 1.52 bits per heavy atom. The van der Waals surface area contributed by atoms with Gasteiger partial charge in [0.2, 0.25) is 0 Å². The van der Waals surface area contributed by atoms with Gasteiger partial charge in [-0.2, -0.15) is 0 Å². The van der Waals surface area contributed by atoms with E-state index in [0.717, 1.165) is 30.3 Å². The summed E-state index contributed by atoms with van der Waals surface area (Å²) in [4.78, 5) is 1.28. The molecule has 0 radical (unpaired) electrons. The molecule has 8 heteroatoms. The SMILES string of the molecule is CN(N)/C=C\N.COC1COC2(CCNCC2)c2sc(Cl)cc21. The van der Waals surface area contributed by atoms with E-state index in [-0.39, 0.29) is 11.7 Å². The molecule has 2 aliphatic rings. The number of ether oxygens (including phenoxy) is 2. The average Bonchev–Trinajstić information content (AvgIpc) is 2.92. The molecule has 6 nitrogen and oxygen atoms in total. The Morgan fingerprint density at radius 2 is 2.22 bits per heavy atom. The van der Waals surface area contributed by atoms with E-state index in [4.69, 9.17) is 32.7 Å². The molecule has 0 saturated carbocycles. The van der Waals surface area contributed by atoms with E-state index in [1.54, 1.807) is 31.7 Å². The number of piperidine rings is 1. The first-order valence-electron chi connectivity index (χ1n) is 7.55. The number of nitrogens with one attached hydrogen (secondary N) is 1. The maximum absolute atomic E-state index is 6.17. The van der Waals surface area contributed by atoms with Gasteiger partial charge < -0.3 is 25.5 Å². The standard InChI is InChI=1S/C12H16ClNO2S.C3H9N3/c1-15-9-7-16-12(2-4-14-5-3-12)11-8(9)6-10(13)17-11;1-6(5)3-2-4/h6,9,14H,2-5,7H2,1H3;2-3H,4-5H2,1H3/b;3-2-. The average molecular weight is 361 g/mol. The molecular weight excluding hydrogens is 336 g/mol. The van der Waals surface area contributed by atoms with Crippen LogP contribution < -0.4 is 16.9 Å². The molecule has 1 aromatic heterocycles. The molecule has 1 fully saturated rings. The van der Waals surface area contributed by atoms with Crippen LogP contribution in [-0.4, -0.2) is 38.9 Å². The lowest BCUT2D eigenvalue weighted by atomic mass is 9.85. The number of nitrogens with two attached hydrogens (primary N) is 2. The predicted molar refractivity (Wildman–Crippen MR) is 94.1 cm³/mol. The predicted octanol–water partition coefficient (Wildman–Crippen LogP) is 1.92. The molecule has 1 unspecified atom stereocenters. The molecule has 0 bridgehead atoms. The van der Waals surface area contributed by atoms with Gasteiger partial charge in [0.15, 0.2) is 0 Å². The van der Waals surface area contributed by atoms with Crippen molar-refractivity contribution in [2.45, 2.75) is 24.5 Å². The van der Waals surface area contributed by atoms with Gasteiger partial charge in [0.05, 0.1) is 10.9 Å². The molecule has 1 atom stereocenters. The zero-order valence-electron chi connectivity index (χ0n) is 13.5. The van der Waals surface area contributed by atoms with Gasteiger partial charge in [-0.05, 0) is 32.0 Å². The van der Waals surface area contributed by atoms with Gasteiger partial charge in [0.25, 0.3) is 0 Å². The van der Waals surface area contributed by atoms with E-state index in [0.29, 0.717) is 6.61 Å². The third-order valence-corrected chi connectivity index (χ3v) is 5.48. The Labute approximate surface area is 146 Å². The molecule has 1 spiro atoms. The maximum Gasteiger partial charge on any atom is 0.107 e. The van der Waals surface area contributed by atoms with Crippen molar-refractivity contribution < 1.29 is 9.47 Å². The van der Waals surface area contributed by atoms with E-state index < -0.39 is 0 Å². The van der Waals surface area contributed by atoms with Crippen LogP contribution in [0.15, 0.2) is 18.5 Å². The molecule has 1 saturated heterocycles. The van der Waals surface area contributed by atoms with Gasteiger partial charge in [-0.1, -0.05) is 11.6 Å². The number of rotatable bonds is 2. The fourth-order valence-corrected chi connectivity index (χ4v) is 4.38. The molecule has 130 valence electrons. The highest BCUT2D eigenvalue weighted by Gasteiger charge is 2.43. The number of thiophene rings is 1. The van der Waals surface area contributed by atoms with E-state index in [9.17, 15) is 0 Å². The van der Waals surface area contributed by atoms with Crippen molar-refractivity contribution in [2.75, 3.05) is 33.9 Å². The van der Waals surface area contributed by atoms with Crippen molar-refractivity contribution in [1.82, 2.24) is 10.3 Å². The van der Waals surface area contributed by atoms with Gasteiger partial charge >= 0.3 is 0 Å². The van der Waals surface area contributed by atoms with E-state index in [2.05, 4.69) is 5.32 Å². The highest BCUT2D eigenvalue weighted by Crippen LogP contribution is 2.48. The molecule has 0 amide bonds. The van der Waals surface area contributed by atoms with Crippen molar-refractivity contribution in [3.05, 3.63) is 33.2 Å². The zero-order chi connectivity index (χ0) is 16.9. The van der Waals surface area contributed by atoms with Crippen LogP contribution in [0, 0.1) is 0 Å². The summed E-state index contributed by atoms with van der Waals surface area (Å²) in [7, 11) is 3.42. The van der Waals surface area contributed by atoms with Crippen LogP contribution in [0.25, 0.3) is 0 Å². The summed E-state index contributed by atoms with van der Waals surface area (Å²) in [5.41, 5.74) is 6.04. The van der Waals surface area contributed by atoms with E-state index >= 15 is 0 Å². The molecule has 3 heterocycles. The van der Waals surface area contributed by atoms with Crippen molar-refractivity contribution in [3.8, 4) is 0 Å². The normalized spacial score (nSPS) is 22.5. The molecule has 2 aliphatic heterocycles. The topological polar surface area (TPSA) is 85.8 Å². The van der Waals surface area contributed by atoms with E-state index in [1.165, 1.54) is 21.6 Å². The minimum atomic E-state index is -0.118. The lowest BCUT2D eigenvalue weighted by Gasteiger charge is -2.42. The lowest BCUT2D eigenvalue weighted by Crippen LogP contribution is -2.45. The van der Waals surface area contributed by atoms with Crippen molar-refractivity contribution in [3.63, 3.8) is 0 Å². The van der Waals surface area contributed by atoms with Crippen molar-refractivity contribution >= 4 is 22.9 Å². The smallest absolute Gasteiger partial charge is 0.107 e. The molecule has 0 aliphatic carbocycles. The second kappa shape index (κ2) is 8.32. The number of hydrazine groups is 1. The van der Waals surface area contributed by atoms with Gasteiger partial charge in [-0.15, -0.1) is 11.3 Å². The Morgan fingerprint density at radius 3 is 2.74 bits per heavy atom. The Bertz CT molecular complexity index is 530. The maximum atomic E-state index is 6.17. The highest BCUT2D eigenvalue weighted by molar-refractivity contribution is 7.16.